The Morgan fingerprint density at radius 1 is 1.57 bits per heavy atom. The quantitative estimate of drug-likeness (QED) is 0.633. The van der Waals surface area contributed by atoms with Gasteiger partial charge in [0, 0.05) is 3.57 Å². The van der Waals surface area contributed by atoms with E-state index in [2.05, 4.69) is 22.6 Å². The molecule has 1 aromatic carbocycles. The van der Waals surface area contributed by atoms with Crippen molar-refractivity contribution < 1.29 is 13.9 Å². The van der Waals surface area contributed by atoms with Gasteiger partial charge in [-0.25, -0.2) is 4.39 Å². The van der Waals surface area contributed by atoms with Gasteiger partial charge in [-0.1, -0.05) is 0 Å². The van der Waals surface area contributed by atoms with Crippen LogP contribution < -0.4 is 0 Å². The molecule has 0 spiro atoms. The zero-order chi connectivity index (χ0) is 10.6. The van der Waals surface area contributed by atoms with E-state index in [4.69, 9.17) is 4.74 Å². The standard InChI is InChI=1S/C10H10FIO2/c1-2-14-10(13)6-7-5-8(12)3-4-9(7)11/h3-5H,2,6H2,1H3. The zero-order valence-electron chi connectivity index (χ0n) is 7.72. The summed E-state index contributed by atoms with van der Waals surface area (Å²) in [6.07, 6.45) is -0.00346. The van der Waals surface area contributed by atoms with Crippen molar-refractivity contribution in [1.29, 1.82) is 0 Å². The van der Waals surface area contributed by atoms with Crippen LogP contribution in [0.5, 0.6) is 0 Å². The van der Waals surface area contributed by atoms with Gasteiger partial charge in [0.15, 0.2) is 0 Å². The fourth-order valence-corrected chi connectivity index (χ4v) is 1.60. The monoisotopic (exact) mass is 308 g/mol. The molecule has 0 aromatic heterocycles. The van der Waals surface area contributed by atoms with Gasteiger partial charge in [-0.2, -0.15) is 0 Å². The van der Waals surface area contributed by atoms with Crippen LogP contribution in [0.4, 0.5) is 4.39 Å². The van der Waals surface area contributed by atoms with Crippen LogP contribution >= 0.6 is 22.6 Å². The van der Waals surface area contributed by atoms with E-state index in [-0.39, 0.29) is 12.2 Å². The number of rotatable bonds is 3. The third-order valence-corrected chi connectivity index (χ3v) is 2.32. The van der Waals surface area contributed by atoms with Gasteiger partial charge in [0.1, 0.15) is 5.82 Å². The first-order valence-electron chi connectivity index (χ1n) is 4.23. The van der Waals surface area contributed by atoms with Crippen molar-refractivity contribution in [1.82, 2.24) is 0 Å². The Balaban J connectivity index is 2.75. The molecule has 0 atom stereocenters. The van der Waals surface area contributed by atoms with Crippen LogP contribution in [-0.2, 0) is 16.0 Å². The molecule has 0 fully saturated rings. The number of hydrogen-bond acceptors (Lipinski definition) is 2. The molecule has 0 bridgehead atoms. The highest BCUT2D eigenvalue weighted by Crippen LogP contribution is 2.13. The Morgan fingerprint density at radius 3 is 2.93 bits per heavy atom. The molecule has 1 rings (SSSR count). The summed E-state index contributed by atoms with van der Waals surface area (Å²) in [7, 11) is 0. The van der Waals surface area contributed by atoms with Crippen molar-refractivity contribution in [2.45, 2.75) is 13.3 Å². The maximum atomic E-state index is 13.2. The number of carbonyl (C=O) groups excluding carboxylic acids is 1. The highest BCUT2D eigenvalue weighted by atomic mass is 127. The molecule has 0 heterocycles. The van der Waals surface area contributed by atoms with Gasteiger partial charge in [0.25, 0.3) is 0 Å². The normalized spacial score (nSPS) is 9.93. The summed E-state index contributed by atoms with van der Waals surface area (Å²) in [5.41, 5.74) is 0.385. The Kier molecular flexibility index (Phi) is 4.31. The number of halogens is 2. The molecular weight excluding hydrogens is 298 g/mol. The zero-order valence-corrected chi connectivity index (χ0v) is 9.88. The average molecular weight is 308 g/mol. The first-order chi connectivity index (χ1) is 6.63. The maximum absolute atomic E-state index is 13.2. The molecule has 0 amide bonds. The van der Waals surface area contributed by atoms with E-state index in [1.54, 1.807) is 19.1 Å². The molecule has 4 heteroatoms. The van der Waals surface area contributed by atoms with Gasteiger partial charge in [0.05, 0.1) is 13.0 Å². The second-order valence-electron chi connectivity index (χ2n) is 2.72. The molecule has 0 N–H and O–H groups in total. The Hall–Kier alpha value is -0.650. The van der Waals surface area contributed by atoms with E-state index in [0.717, 1.165) is 3.57 Å². The lowest BCUT2D eigenvalue weighted by molar-refractivity contribution is -0.142. The predicted octanol–water partition coefficient (Wildman–Crippen LogP) is 2.54. The maximum Gasteiger partial charge on any atom is 0.310 e. The topological polar surface area (TPSA) is 26.3 Å². The second kappa shape index (κ2) is 5.29. The van der Waals surface area contributed by atoms with Crippen molar-refractivity contribution in [2.24, 2.45) is 0 Å². The molecule has 0 saturated heterocycles. The summed E-state index contributed by atoms with van der Waals surface area (Å²) >= 11 is 2.07. The molecule has 2 nitrogen and oxygen atoms in total. The Morgan fingerprint density at radius 2 is 2.29 bits per heavy atom. The molecule has 14 heavy (non-hydrogen) atoms. The van der Waals surface area contributed by atoms with Crippen LogP contribution in [0.3, 0.4) is 0 Å². The summed E-state index contributed by atoms with van der Waals surface area (Å²) in [4.78, 5) is 11.1. The SMILES string of the molecule is CCOC(=O)Cc1cc(I)ccc1F. The summed E-state index contributed by atoms with van der Waals surface area (Å²) in [5, 5.41) is 0. The van der Waals surface area contributed by atoms with Gasteiger partial charge in [-0.05, 0) is 53.3 Å². The number of benzene rings is 1. The lowest BCUT2D eigenvalue weighted by Gasteiger charge is -2.03. The molecule has 0 aliphatic heterocycles. The second-order valence-corrected chi connectivity index (χ2v) is 3.96. The first-order valence-corrected chi connectivity index (χ1v) is 5.31. The number of esters is 1. The van der Waals surface area contributed by atoms with Crippen molar-refractivity contribution in [3.63, 3.8) is 0 Å². The van der Waals surface area contributed by atoms with E-state index < -0.39 is 5.97 Å². The fourth-order valence-electron chi connectivity index (χ4n) is 1.05. The Labute approximate surface area is 95.6 Å². The fraction of sp³-hybridized carbons (Fsp3) is 0.300. The molecule has 1 aromatic rings. The van der Waals surface area contributed by atoms with Gasteiger partial charge >= 0.3 is 5.97 Å². The van der Waals surface area contributed by atoms with Crippen LogP contribution in [0.2, 0.25) is 0 Å². The van der Waals surface area contributed by atoms with Gasteiger partial charge in [-0.15, -0.1) is 0 Å². The third kappa shape index (κ3) is 3.25. The van der Waals surface area contributed by atoms with E-state index in [1.807, 2.05) is 0 Å². The smallest absolute Gasteiger partial charge is 0.310 e. The summed E-state index contributed by atoms with van der Waals surface area (Å²) in [6, 6.07) is 4.66. The summed E-state index contributed by atoms with van der Waals surface area (Å²) in [5.74, 6) is -0.758. The lowest BCUT2D eigenvalue weighted by Crippen LogP contribution is -2.08. The van der Waals surface area contributed by atoms with E-state index in [9.17, 15) is 9.18 Å². The van der Waals surface area contributed by atoms with Gasteiger partial charge < -0.3 is 4.74 Å². The number of ether oxygens (including phenoxy) is 1. The Bertz CT molecular complexity index is 339. The summed E-state index contributed by atoms with van der Waals surface area (Å²) < 4.78 is 18.8. The van der Waals surface area contributed by atoms with Gasteiger partial charge in [-0.3, -0.25) is 4.79 Å². The van der Waals surface area contributed by atoms with Gasteiger partial charge in [0.2, 0.25) is 0 Å². The van der Waals surface area contributed by atoms with Crippen LogP contribution in [0.1, 0.15) is 12.5 Å². The van der Waals surface area contributed by atoms with Crippen molar-refractivity contribution in [3.05, 3.63) is 33.1 Å². The highest BCUT2D eigenvalue weighted by Gasteiger charge is 2.08. The molecule has 0 unspecified atom stereocenters. The van der Waals surface area contributed by atoms with Crippen LogP contribution in [0.25, 0.3) is 0 Å². The van der Waals surface area contributed by atoms with E-state index in [1.165, 1.54) is 6.07 Å². The largest absolute Gasteiger partial charge is 0.466 e. The van der Waals surface area contributed by atoms with Crippen molar-refractivity contribution in [2.75, 3.05) is 6.61 Å². The highest BCUT2D eigenvalue weighted by molar-refractivity contribution is 14.1. The minimum absolute atomic E-state index is 0.00346. The van der Waals surface area contributed by atoms with Crippen LogP contribution in [0, 0.1) is 9.39 Å². The van der Waals surface area contributed by atoms with Crippen LogP contribution in [0.15, 0.2) is 18.2 Å². The molecule has 76 valence electrons. The minimum atomic E-state index is -0.395. The van der Waals surface area contributed by atoms with Crippen molar-refractivity contribution in [3.8, 4) is 0 Å². The molecule has 0 radical (unpaired) electrons. The number of hydrogen-bond donors (Lipinski definition) is 0. The molecule has 0 saturated carbocycles. The van der Waals surface area contributed by atoms with Crippen molar-refractivity contribution >= 4 is 28.6 Å². The van der Waals surface area contributed by atoms with E-state index in [0.29, 0.717) is 12.2 Å². The van der Waals surface area contributed by atoms with Crippen LogP contribution in [-0.4, -0.2) is 12.6 Å². The molecular formula is C10H10FIO2. The first kappa shape index (κ1) is 11.4. The number of carbonyl (C=O) groups is 1. The predicted molar refractivity (Wildman–Crippen MR) is 59.5 cm³/mol. The minimum Gasteiger partial charge on any atom is -0.466 e. The third-order valence-electron chi connectivity index (χ3n) is 1.65. The lowest BCUT2D eigenvalue weighted by atomic mass is 10.1. The molecule has 0 aliphatic rings. The van der Waals surface area contributed by atoms with E-state index >= 15 is 0 Å². The summed E-state index contributed by atoms with van der Waals surface area (Å²) in [6.45, 7) is 2.05. The average Bonchev–Trinajstić information content (AvgIpc) is 2.12. The molecule has 0 aliphatic carbocycles.